The van der Waals surface area contributed by atoms with E-state index in [1.54, 1.807) is 4.90 Å². The molecule has 0 bridgehead atoms. The zero-order valence-corrected chi connectivity index (χ0v) is 18.1. The number of nitrogens with one attached hydrogen (secondary N) is 1. The van der Waals surface area contributed by atoms with Gasteiger partial charge in [-0.2, -0.15) is 0 Å². The van der Waals surface area contributed by atoms with Crippen LogP contribution in [-0.2, 0) is 9.59 Å². The van der Waals surface area contributed by atoms with Gasteiger partial charge < -0.3 is 15.0 Å². The predicted octanol–water partition coefficient (Wildman–Crippen LogP) is 2.38. The van der Waals surface area contributed by atoms with Gasteiger partial charge >= 0.3 is 0 Å². The van der Waals surface area contributed by atoms with Crippen molar-refractivity contribution in [3.05, 3.63) is 29.3 Å². The van der Waals surface area contributed by atoms with Crippen LogP contribution in [0.4, 0.5) is 0 Å². The number of carbonyl (C=O) groups excluding carboxylic acids is 2. The number of benzene rings is 1. The van der Waals surface area contributed by atoms with Gasteiger partial charge in [-0.05, 0) is 64.3 Å². The molecule has 1 unspecified atom stereocenters. The van der Waals surface area contributed by atoms with Gasteiger partial charge in [-0.3, -0.25) is 14.5 Å². The molecule has 6 nitrogen and oxygen atoms in total. The number of aryl methyl sites for hydroxylation is 2. The topological polar surface area (TPSA) is 61.9 Å². The molecule has 1 aromatic carbocycles. The third kappa shape index (κ3) is 5.95. The molecule has 2 aliphatic rings. The molecule has 2 saturated heterocycles. The maximum absolute atomic E-state index is 12.4. The number of amides is 2. The van der Waals surface area contributed by atoms with Crippen LogP contribution in [-0.4, -0.2) is 67.5 Å². The van der Waals surface area contributed by atoms with Gasteiger partial charge in [0.15, 0.2) is 0 Å². The van der Waals surface area contributed by atoms with E-state index in [2.05, 4.69) is 42.3 Å². The minimum Gasteiger partial charge on any atom is -0.492 e. The lowest BCUT2D eigenvalue weighted by Gasteiger charge is -2.32. The van der Waals surface area contributed by atoms with E-state index in [1.165, 1.54) is 11.1 Å². The molecule has 3 rings (SSSR count). The molecule has 1 aromatic rings. The summed E-state index contributed by atoms with van der Waals surface area (Å²) in [5.41, 5.74) is 2.44. The molecule has 2 amide bonds. The van der Waals surface area contributed by atoms with E-state index in [1.807, 2.05) is 6.92 Å². The number of rotatable bonds is 8. The van der Waals surface area contributed by atoms with Crippen molar-refractivity contribution in [3.8, 4) is 5.75 Å². The first-order valence-electron chi connectivity index (χ1n) is 10.9. The highest BCUT2D eigenvalue weighted by atomic mass is 16.5. The standard InChI is InChI=1S/C23H35N3O3/c1-4-26-16-20(14-22(26)27)23(28)24-15-19-7-9-25(10-8-19)11-12-29-21-6-5-17(2)13-18(21)3/h5-6,13,19-20H,4,7-12,14-16H2,1-3H3,(H,24,28). The fraction of sp³-hybridized carbons (Fsp3) is 0.652. The summed E-state index contributed by atoms with van der Waals surface area (Å²) < 4.78 is 5.95. The Morgan fingerprint density at radius 1 is 1.24 bits per heavy atom. The van der Waals surface area contributed by atoms with Gasteiger partial charge in [0, 0.05) is 32.6 Å². The van der Waals surface area contributed by atoms with Crippen molar-refractivity contribution in [2.45, 2.75) is 40.0 Å². The molecule has 160 valence electrons. The second-order valence-corrected chi connectivity index (χ2v) is 8.48. The van der Waals surface area contributed by atoms with Crippen LogP contribution in [0.25, 0.3) is 0 Å². The summed E-state index contributed by atoms with van der Waals surface area (Å²) in [4.78, 5) is 28.4. The molecule has 6 heteroatoms. The number of hydrogen-bond acceptors (Lipinski definition) is 4. The van der Waals surface area contributed by atoms with Gasteiger partial charge in [0.25, 0.3) is 0 Å². The van der Waals surface area contributed by atoms with E-state index in [0.717, 1.165) is 44.8 Å². The average Bonchev–Trinajstić information content (AvgIpc) is 3.09. The van der Waals surface area contributed by atoms with Crippen LogP contribution in [0.1, 0.15) is 37.3 Å². The molecule has 2 aliphatic heterocycles. The zero-order valence-electron chi connectivity index (χ0n) is 18.1. The Morgan fingerprint density at radius 3 is 2.66 bits per heavy atom. The molecule has 1 atom stereocenters. The number of piperidine rings is 1. The smallest absolute Gasteiger partial charge is 0.225 e. The Kier molecular flexibility index (Phi) is 7.53. The lowest BCUT2D eigenvalue weighted by Crippen LogP contribution is -2.41. The predicted molar refractivity (Wildman–Crippen MR) is 114 cm³/mol. The summed E-state index contributed by atoms with van der Waals surface area (Å²) in [5, 5.41) is 3.09. The molecule has 0 aliphatic carbocycles. The fourth-order valence-corrected chi connectivity index (χ4v) is 4.30. The molecule has 2 heterocycles. The minimum absolute atomic E-state index is 0.0404. The van der Waals surface area contributed by atoms with Crippen LogP contribution in [0, 0.1) is 25.7 Å². The van der Waals surface area contributed by atoms with Gasteiger partial charge in [0.05, 0.1) is 5.92 Å². The molecular formula is C23H35N3O3. The van der Waals surface area contributed by atoms with Crippen LogP contribution in [0.2, 0.25) is 0 Å². The van der Waals surface area contributed by atoms with Crippen LogP contribution in [0.3, 0.4) is 0 Å². The number of hydrogen-bond donors (Lipinski definition) is 1. The quantitative estimate of drug-likeness (QED) is 0.727. The van der Waals surface area contributed by atoms with Gasteiger partial charge in [0.1, 0.15) is 12.4 Å². The van der Waals surface area contributed by atoms with Crippen LogP contribution >= 0.6 is 0 Å². The molecule has 2 fully saturated rings. The van der Waals surface area contributed by atoms with Crippen molar-refractivity contribution >= 4 is 11.8 Å². The van der Waals surface area contributed by atoms with E-state index in [4.69, 9.17) is 4.74 Å². The van der Waals surface area contributed by atoms with E-state index >= 15 is 0 Å². The summed E-state index contributed by atoms with van der Waals surface area (Å²) in [6, 6.07) is 6.29. The SMILES string of the molecule is CCN1CC(C(=O)NCC2CCN(CCOc3ccc(C)cc3C)CC2)CC1=O. The first-order valence-corrected chi connectivity index (χ1v) is 10.9. The van der Waals surface area contributed by atoms with E-state index < -0.39 is 0 Å². The molecule has 0 saturated carbocycles. The number of likely N-dealkylation sites (tertiary alicyclic amines) is 2. The fourth-order valence-electron chi connectivity index (χ4n) is 4.30. The van der Waals surface area contributed by atoms with Gasteiger partial charge in [0.2, 0.25) is 11.8 Å². The van der Waals surface area contributed by atoms with Gasteiger partial charge in [-0.15, -0.1) is 0 Å². The van der Waals surface area contributed by atoms with Crippen molar-refractivity contribution < 1.29 is 14.3 Å². The first kappa shape index (κ1) is 21.6. The average molecular weight is 402 g/mol. The molecule has 1 N–H and O–H groups in total. The van der Waals surface area contributed by atoms with Crippen molar-refractivity contribution in [3.63, 3.8) is 0 Å². The Bertz CT molecular complexity index is 713. The second kappa shape index (κ2) is 10.1. The monoisotopic (exact) mass is 401 g/mol. The minimum atomic E-state index is -0.176. The van der Waals surface area contributed by atoms with Crippen molar-refractivity contribution in [2.24, 2.45) is 11.8 Å². The van der Waals surface area contributed by atoms with E-state index in [-0.39, 0.29) is 17.7 Å². The van der Waals surface area contributed by atoms with Crippen LogP contribution in [0.15, 0.2) is 18.2 Å². The number of nitrogens with zero attached hydrogens (tertiary/aromatic N) is 2. The normalized spacial score (nSPS) is 20.9. The maximum atomic E-state index is 12.4. The lowest BCUT2D eigenvalue weighted by molar-refractivity contribution is -0.128. The molecule has 0 aromatic heterocycles. The largest absolute Gasteiger partial charge is 0.492 e. The Labute approximate surface area is 174 Å². The highest BCUT2D eigenvalue weighted by Crippen LogP contribution is 2.21. The molecular weight excluding hydrogens is 366 g/mol. The number of carbonyl (C=O) groups is 2. The Hall–Kier alpha value is -2.08. The van der Waals surface area contributed by atoms with Crippen molar-refractivity contribution in [1.29, 1.82) is 0 Å². The summed E-state index contributed by atoms with van der Waals surface area (Å²) in [5.74, 6) is 1.46. The summed E-state index contributed by atoms with van der Waals surface area (Å²) in [6.07, 6.45) is 2.54. The first-order chi connectivity index (χ1) is 14.0. The summed E-state index contributed by atoms with van der Waals surface area (Å²) in [6.45, 7) is 11.8. The summed E-state index contributed by atoms with van der Waals surface area (Å²) >= 11 is 0. The number of ether oxygens (including phenoxy) is 1. The Balaban J connectivity index is 1.31. The Morgan fingerprint density at radius 2 is 2.00 bits per heavy atom. The van der Waals surface area contributed by atoms with Crippen LogP contribution < -0.4 is 10.1 Å². The molecule has 0 spiro atoms. The molecule has 29 heavy (non-hydrogen) atoms. The van der Waals surface area contributed by atoms with Crippen molar-refractivity contribution in [2.75, 3.05) is 45.9 Å². The van der Waals surface area contributed by atoms with Gasteiger partial charge in [-0.1, -0.05) is 17.7 Å². The van der Waals surface area contributed by atoms with Crippen LogP contribution in [0.5, 0.6) is 5.75 Å². The highest BCUT2D eigenvalue weighted by Gasteiger charge is 2.33. The maximum Gasteiger partial charge on any atom is 0.225 e. The lowest BCUT2D eigenvalue weighted by atomic mass is 9.96. The summed E-state index contributed by atoms with van der Waals surface area (Å²) in [7, 11) is 0. The molecule has 0 radical (unpaired) electrons. The third-order valence-corrected chi connectivity index (χ3v) is 6.23. The van der Waals surface area contributed by atoms with Gasteiger partial charge in [-0.25, -0.2) is 0 Å². The van der Waals surface area contributed by atoms with Crippen molar-refractivity contribution in [1.82, 2.24) is 15.1 Å². The highest BCUT2D eigenvalue weighted by molar-refractivity contribution is 5.89. The van der Waals surface area contributed by atoms with E-state index in [9.17, 15) is 9.59 Å². The second-order valence-electron chi connectivity index (χ2n) is 8.48. The third-order valence-electron chi connectivity index (χ3n) is 6.23. The zero-order chi connectivity index (χ0) is 20.8. The van der Waals surface area contributed by atoms with E-state index in [0.29, 0.717) is 32.0 Å².